The second-order valence-electron chi connectivity index (χ2n) is 7.11. The Bertz CT molecular complexity index is 767. The number of rotatable bonds is 3. The highest BCUT2D eigenvalue weighted by Crippen LogP contribution is 2.40. The van der Waals surface area contributed by atoms with Gasteiger partial charge in [-0.2, -0.15) is 4.99 Å². The number of nitrogens with one attached hydrogen (secondary N) is 1. The number of guanidine groups is 2. The molecule has 140 valence electrons. The van der Waals surface area contributed by atoms with Crippen molar-refractivity contribution in [2.75, 3.05) is 4.90 Å². The molecule has 0 saturated heterocycles. The summed E-state index contributed by atoms with van der Waals surface area (Å²) in [5.41, 5.74) is 12.8. The van der Waals surface area contributed by atoms with Crippen LogP contribution in [0.3, 0.4) is 0 Å². The van der Waals surface area contributed by atoms with Crippen LogP contribution in [0, 0.1) is 0 Å². The zero-order chi connectivity index (χ0) is 18.9. The van der Waals surface area contributed by atoms with Gasteiger partial charge in [-0.3, -0.25) is 9.69 Å². The van der Waals surface area contributed by atoms with Gasteiger partial charge in [0, 0.05) is 11.7 Å². The summed E-state index contributed by atoms with van der Waals surface area (Å²) in [5.74, 6) is 0.306. The number of nitrogens with zero attached hydrogens (tertiary/aromatic N) is 3. The number of carbonyl (C=O) groups is 1. The van der Waals surface area contributed by atoms with Gasteiger partial charge in [0.2, 0.25) is 11.9 Å². The van der Waals surface area contributed by atoms with Crippen LogP contribution in [0.5, 0.6) is 0 Å². The molecule has 0 radical (unpaired) electrons. The van der Waals surface area contributed by atoms with Crippen molar-refractivity contribution in [3.8, 4) is 0 Å². The van der Waals surface area contributed by atoms with Gasteiger partial charge in [0.25, 0.3) is 5.91 Å². The second-order valence-corrected chi connectivity index (χ2v) is 7.52. The molecule has 1 aromatic rings. The molecule has 1 aliphatic heterocycles. The van der Waals surface area contributed by atoms with Crippen LogP contribution in [0.1, 0.15) is 56.3 Å². The predicted octanol–water partition coefficient (Wildman–Crippen LogP) is 2.59. The molecule has 26 heavy (non-hydrogen) atoms. The lowest BCUT2D eigenvalue weighted by atomic mass is 9.87. The zero-order valence-electron chi connectivity index (χ0n) is 15.1. The Labute approximate surface area is 158 Å². The first-order valence-electron chi connectivity index (χ1n) is 8.92. The fraction of sp³-hybridized carbons (Fsp3) is 0.500. The average Bonchev–Trinajstić information content (AvgIpc) is 2.54. The molecule has 3 rings (SSSR count). The van der Waals surface area contributed by atoms with Crippen molar-refractivity contribution in [1.82, 2.24) is 5.32 Å². The summed E-state index contributed by atoms with van der Waals surface area (Å²) >= 11 is 6.40. The largest absolute Gasteiger partial charge is 0.369 e. The number of hydrogen-bond acceptors (Lipinski definition) is 6. The van der Waals surface area contributed by atoms with E-state index in [2.05, 4.69) is 15.3 Å². The Balaban J connectivity index is 1.97. The van der Waals surface area contributed by atoms with Crippen molar-refractivity contribution in [1.29, 1.82) is 0 Å². The van der Waals surface area contributed by atoms with E-state index >= 15 is 0 Å². The number of anilines is 1. The molecule has 0 aromatic heterocycles. The molecule has 1 heterocycles. The van der Waals surface area contributed by atoms with Crippen LogP contribution < -0.4 is 21.7 Å². The molecule has 1 fully saturated rings. The van der Waals surface area contributed by atoms with E-state index in [1.54, 1.807) is 12.1 Å². The number of aliphatic imine (C=N–C) groups is 2. The number of benzene rings is 1. The van der Waals surface area contributed by atoms with E-state index in [-0.39, 0.29) is 17.9 Å². The van der Waals surface area contributed by atoms with E-state index < -0.39 is 5.66 Å². The van der Waals surface area contributed by atoms with Crippen LogP contribution >= 0.6 is 11.6 Å². The number of halogens is 1. The van der Waals surface area contributed by atoms with Crippen LogP contribution in [0.4, 0.5) is 5.69 Å². The van der Waals surface area contributed by atoms with Gasteiger partial charge < -0.3 is 16.8 Å². The normalized spacial score (nSPS) is 19.3. The van der Waals surface area contributed by atoms with Crippen molar-refractivity contribution in [3.63, 3.8) is 0 Å². The fourth-order valence-corrected chi connectivity index (χ4v) is 3.92. The van der Waals surface area contributed by atoms with Gasteiger partial charge in [-0.1, -0.05) is 18.0 Å². The van der Waals surface area contributed by atoms with Gasteiger partial charge in [-0.25, -0.2) is 4.99 Å². The Morgan fingerprint density at radius 2 is 1.96 bits per heavy atom. The quantitative estimate of drug-likeness (QED) is 0.753. The van der Waals surface area contributed by atoms with Gasteiger partial charge in [-0.05, 0) is 57.7 Å². The number of nitrogens with two attached hydrogens (primary N) is 2. The molecule has 1 saturated carbocycles. The molecule has 0 bridgehead atoms. The molecular weight excluding hydrogens is 352 g/mol. The monoisotopic (exact) mass is 376 g/mol. The van der Waals surface area contributed by atoms with Crippen LogP contribution in [0.2, 0.25) is 5.02 Å². The van der Waals surface area contributed by atoms with Crippen molar-refractivity contribution < 1.29 is 4.79 Å². The predicted molar refractivity (Wildman–Crippen MR) is 106 cm³/mol. The fourth-order valence-electron chi connectivity index (χ4n) is 3.66. The Morgan fingerprint density at radius 3 is 2.58 bits per heavy atom. The molecule has 2 aliphatic rings. The maximum atomic E-state index is 12.3. The van der Waals surface area contributed by atoms with Gasteiger partial charge in [-0.15, -0.1) is 0 Å². The summed E-state index contributed by atoms with van der Waals surface area (Å²) in [6.07, 6.45) is 4.94. The van der Waals surface area contributed by atoms with Gasteiger partial charge in [0.05, 0.1) is 10.6 Å². The molecule has 1 aliphatic carbocycles. The Kier molecular flexibility index (Phi) is 5.09. The van der Waals surface area contributed by atoms with E-state index in [4.69, 9.17) is 23.1 Å². The van der Waals surface area contributed by atoms with Crippen LogP contribution in [-0.4, -0.2) is 29.5 Å². The highest BCUT2D eigenvalue weighted by molar-refractivity contribution is 6.34. The number of carbonyl (C=O) groups excluding carboxylic acids is 1. The summed E-state index contributed by atoms with van der Waals surface area (Å²) in [6.45, 7) is 3.81. The summed E-state index contributed by atoms with van der Waals surface area (Å²) in [6, 6.07) is 5.32. The minimum absolute atomic E-state index is 0.0333. The first-order chi connectivity index (χ1) is 12.3. The van der Waals surface area contributed by atoms with E-state index in [1.807, 2.05) is 24.8 Å². The molecular formula is C18H25ClN6O. The first-order valence-corrected chi connectivity index (χ1v) is 9.30. The Morgan fingerprint density at radius 1 is 1.27 bits per heavy atom. The maximum Gasteiger partial charge on any atom is 0.252 e. The highest BCUT2D eigenvalue weighted by atomic mass is 35.5. The molecule has 0 atom stereocenters. The van der Waals surface area contributed by atoms with E-state index in [0.717, 1.165) is 37.8 Å². The molecule has 5 N–H and O–H groups in total. The molecule has 8 heteroatoms. The van der Waals surface area contributed by atoms with Crippen LogP contribution in [0.25, 0.3) is 0 Å². The summed E-state index contributed by atoms with van der Waals surface area (Å²) in [4.78, 5) is 23.0. The lowest BCUT2D eigenvalue weighted by Crippen LogP contribution is -2.58. The maximum absolute atomic E-state index is 12.3. The smallest absolute Gasteiger partial charge is 0.252 e. The van der Waals surface area contributed by atoms with Gasteiger partial charge >= 0.3 is 0 Å². The third kappa shape index (κ3) is 3.49. The number of amides is 1. The third-order valence-corrected chi connectivity index (χ3v) is 5.04. The highest BCUT2D eigenvalue weighted by Gasteiger charge is 2.42. The average molecular weight is 377 g/mol. The standard InChI is InChI=1S/C18H25ClN6O/c1-11(2)22-15(26)13-7-6-12(10-14(13)19)25-17(21)23-16(20)24-18(25)8-4-3-5-9-18/h6-7,10-11H,3-5,8-9H2,1-2H3,(H,22,26)(H4,20,21,23,24). The minimum atomic E-state index is -0.529. The van der Waals surface area contributed by atoms with Crippen LogP contribution in [0.15, 0.2) is 28.2 Å². The summed E-state index contributed by atoms with van der Waals surface area (Å²) in [5, 5.41) is 3.21. The molecule has 1 spiro atoms. The lowest BCUT2D eigenvalue weighted by molar-refractivity contribution is 0.0943. The molecule has 1 amide bonds. The molecule has 7 nitrogen and oxygen atoms in total. The zero-order valence-corrected chi connectivity index (χ0v) is 15.9. The number of hydrogen-bond donors (Lipinski definition) is 3. The summed E-state index contributed by atoms with van der Waals surface area (Å²) < 4.78 is 0. The van der Waals surface area contributed by atoms with Crippen LogP contribution in [-0.2, 0) is 0 Å². The Hall–Kier alpha value is -2.28. The molecule has 0 unspecified atom stereocenters. The van der Waals surface area contributed by atoms with Gasteiger partial charge in [0.1, 0.15) is 5.66 Å². The minimum Gasteiger partial charge on any atom is -0.369 e. The SMILES string of the molecule is CC(C)NC(=O)c1ccc(N2C(N)=NC(N)=NC23CCCCC3)cc1Cl. The lowest BCUT2D eigenvalue weighted by Gasteiger charge is -2.45. The first kappa shape index (κ1) is 18.5. The topological polar surface area (TPSA) is 109 Å². The second kappa shape index (κ2) is 7.15. The van der Waals surface area contributed by atoms with E-state index in [0.29, 0.717) is 16.5 Å². The summed E-state index contributed by atoms with van der Waals surface area (Å²) in [7, 11) is 0. The third-order valence-electron chi connectivity index (χ3n) is 4.73. The molecule has 1 aromatic carbocycles. The van der Waals surface area contributed by atoms with Crippen molar-refractivity contribution in [3.05, 3.63) is 28.8 Å². The van der Waals surface area contributed by atoms with E-state index in [9.17, 15) is 4.79 Å². The van der Waals surface area contributed by atoms with Gasteiger partial charge in [0.15, 0.2) is 0 Å². The van der Waals surface area contributed by atoms with Crippen molar-refractivity contribution in [2.45, 2.75) is 57.7 Å². The van der Waals surface area contributed by atoms with E-state index in [1.165, 1.54) is 0 Å². The van der Waals surface area contributed by atoms with Crippen molar-refractivity contribution >= 4 is 35.1 Å². The van der Waals surface area contributed by atoms with Crippen molar-refractivity contribution in [2.24, 2.45) is 21.5 Å².